The van der Waals surface area contributed by atoms with Crippen molar-refractivity contribution in [3.05, 3.63) is 0 Å². The minimum Gasteiger partial charge on any atom is -0.450 e. The lowest BCUT2D eigenvalue weighted by atomic mass is 10.3. The van der Waals surface area contributed by atoms with Crippen LogP contribution in [0.5, 0.6) is 0 Å². The van der Waals surface area contributed by atoms with Crippen molar-refractivity contribution in [3.63, 3.8) is 0 Å². The minimum atomic E-state index is -0.296. The third-order valence-electron chi connectivity index (χ3n) is 2.29. The molecule has 5 nitrogen and oxygen atoms in total. The summed E-state index contributed by atoms with van der Waals surface area (Å²) < 4.78 is 4.87. The molecule has 0 unspecified atom stereocenters. The van der Waals surface area contributed by atoms with Crippen LogP contribution in [-0.4, -0.2) is 60.3 Å². The molecule has 0 aliphatic carbocycles. The summed E-state index contributed by atoms with van der Waals surface area (Å²) in [6, 6.07) is 0. The first-order valence-electron chi connectivity index (χ1n) is 4.99. The number of ether oxygens (including phenoxy) is 1. The Labute approximate surface area is 94.8 Å². The van der Waals surface area contributed by atoms with Crippen molar-refractivity contribution >= 4 is 24.6 Å². The van der Waals surface area contributed by atoms with E-state index in [0.717, 1.165) is 0 Å². The zero-order valence-corrected chi connectivity index (χ0v) is 9.70. The van der Waals surface area contributed by atoms with Gasteiger partial charge in [-0.1, -0.05) is 0 Å². The second-order valence-electron chi connectivity index (χ2n) is 3.22. The van der Waals surface area contributed by atoms with Gasteiger partial charge in [-0.3, -0.25) is 4.79 Å². The molecule has 1 heterocycles. The van der Waals surface area contributed by atoms with Gasteiger partial charge < -0.3 is 14.5 Å². The number of carbonyl (C=O) groups is 2. The van der Waals surface area contributed by atoms with Crippen molar-refractivity contribution in [3.8, 4) is 0 Å². The van der Waals surface area contributed by atoms with Crippen LogP contribution < -0.4 is 0 Å². The third kappa shape index (κ3) is 3.30. The summed E-state index contributed by atoms with van der Waals surface area (Å²) in [7, 11) is 0. The van der Waals surface area contributed by atoms with E-state index >= 15 is 0 Å². The predicted octanol–water partition coefficient (Wildman–Crippen LogP) is 0.217. The smallest absolute Gasteiger partial charge is 0.409 e. The fraction of sp³-hybridized carbons (Fsp3) is 0.778. The lowest BCUT2D eigenvalue weighted by molar-refractivity contribution is -0.129. The fourth-order valence-electron chi connectivity index (χ4n) is 1.45. The highest BCUT2D eigenvalue weighted by Crippen LogP contribution is 2.04. The van der Waals surface area contributed by atoms with Gasteiger partial charge >= 0.3 is 6.09 Å². The molecule has 0 saturated carbocycles. The summed E-state index contributed by atoms with van der Waals surface area (Å²) in [6.45, 7) is 4.38. The normalized spacial score (nSPS) is 16.4. The average Bonchev–Trinajstić information content (AvgIpc) is 2.28. The molecule has 6 heteroatoms. The maximum absolute atomic E-state index is 11.3. The Morgan fingerprint density at radius 2 is 1.73 bits per heavy atom. The molecule has 0 atom stereocenters. The summed E-state index contributed by atoms with van der Waals surface area (Å²) in [5.41, 5.74) is 0. The van der Waals surface area contributed by atoms with Crippen LogP contribution in [0.2, 0.25) is 0 Å². The van der Waals surface area contributed by atoms with Gasteiger partial charge in [0.15, 0.2) is 0 Å². The number of hydrogen-bond donors (Lipinski definition) is 1. The van der Waals surface area contributed by atoms with Crippen LogP contribution in [-0.2, 0) is 9.53 Å². The molecular formula is C9H16N2O3S. The van der Waals surface area contributed by atoms with E-state index in [1.54, 1.807) is 16.7 Å². The lowest BCUT2D eigenvalue weighted by Crippen LogP contribution is -2.51. The number of rotatable bonds is 2. The minimum absolute atomic E-state index is 0.0156. The van der Waals surface area contributed by atoms with Crippen LogP contribution in [0.1, 0.15) is 6.92 Å². The highest BCUT2D eigenvalue weighted by Gasteiger charge is 2.23. The Hall–Kier alpha value is -0.910. The molecule has 86 valence electrons. The molecule has 1 rings (SSSR count). The zero-order valence-electron chi connectivity index (χ0n) is 8.81. The van der Waals surface area contributed by atoms with Crippen LogP contribution in [0.4, 0.5) is 4.79 Å². The molecule has 2 amide bonds. The van der Waals surface area contributed by atoms with Gasteiger partial charge in [-0.05, 0) is 6.92 Å². The number of carbonyl (C=O) groups excluding carboxylic acids is 2. The summed E-state index contributed by atoms with van der Waals surface area (Å²) >= 11 is 3.93. The molecule has 0 spiro atoms. The standard InChI is InChI=1S/C9H16N2O3S/c1-2-14-9(13)11-5-3-10(4-6-11)8(12)7-15/h15H,2-7H2,1H3. The molecular weight excluding hydrogens is 216 g/mol. The molecule has 0 bridgehead atoms. The Morgan fingerprint density at radius 1 is 1.20 bits per heavy atom. The van der Waals surface area contributed by atoms with Crippen LogP contribution in [0.25, 0.3) is 0 Å². The number of amides is 2. The fourth-order valence-corrected chi connectivity index (χ4v) is 1.65. The Morgan fingerprint density at radius 3 is 2.20 bits per heavy atom. The second-order valence-corrected chi connectivity index (χ2v) is 3.54. The van der Waals surface area contributed by atoms with Crippen molar-refractivity contribution in [2.24, 2.45) is 0 Å². The zero-order chi connectivity index (χ0) is 11.3. The SMILES string of the molecule is CCOC(=O)N1CCN(C(=O)CS)CC1. The predicted molar refractivity (Wildman–Crippen MR) is 59.0 cm³/mol. The van der Waals surface area contributed by atoms with E-state index in [0.29, 0.717) is 32.8 Å². The van der Waals surface area contributed by atoms with Crippen molar-refractivity contribution in [1.29, 1.82) is 0 Å². The molecule has 1 aliphatic rings. The number of nitrogens with zero attached hydrogens (tertiary/aromatic N) is 2. The molecule has 0 aromatic carbocycles. The van der Waals surface area contributed by atoms with Gasteiger partial charge in [-0.15, -0.1) is 0 Å². The van der Waals surface area contributed by atoms with E-state index in [4.69, 9.17) is 4.74 Å². The summed E-state index contributed by atoms with van der Waals surface area (Å²) in [5, 5.41) is 0. The Balaban J connectivity index is 2.35. The van der Waals surface area contributed by atoms with Gasteiger partial charge in [0.05, 0.1) is 12.4 Å². The topological polar surface area (TPSA) is 49.9 Å². The van der Waals surface area contributed by atoms with E-state index in [-0.39, 0.29) is 17.8 Å². The number of thiol groups is 1. The first-order chi connectivity index (χ1) is 7.19. The molecule has 1 saturated heterocycles. The molecule has 0 aromatic rings. The molecule has 1 aliphatic heterocycles. The first kappa shape index (κ1) is 12.2. The van der Waals surface area contributed by atoms with E-state index in [2.05, 4.69) is 12.6 Å². The van der Waals surface area contributed by atoms with Crippen LogP contribution in [0.3, 0.4) is 0 Å². The van der Waals surface area contributed by atoms with Gasteiger partial charge in [0, 0.05) is 26.2 Å². The highest BCUT2D eigenvalue weighted by molar-refractivity contribution is 7.81. The summed E-state index contributed by atoms with van der Waals surface area (Å²) in [5.74, 6) is 0.237. The van der Waals surface area contributed by atoms with E-state index in [1.807, 2.05) is 0 Å². The lowest BCUT2D eigenvalue weighted by Gasteiger charge is -2.33. The van der Waals surface area contributed by atoms with Crippen molar-refractivity contribution in [1.82, 2.24) is 9.80 Å². The van der Waals surface area contributed by atoms with Gasteiger partial charge in [0.2, 0.25) is 5.91 Å². The second kappa shape index (κ2) is 5.85. The first-order valence-corrected chi connectivity index (χ1v) is 5.62. The molecule has 1 fully saturated rings. The maximum Gasteiger partial charge on any atom is 0.409 e. The van der Waals surface area contributed by atoms with E-state index in [1.165, 1.54) is 0 Å². The van der Waals surface area contributed by atoms with Gasteiger partial charge in [0.1, 0.15) is 0 Å². The van der Waals surface area contributed by atoms with E-state index in [9.17, 15) is 9.59 Å². The summed E-state index contributed by atoms with van der Waals surface area (Å²) in [6.07, 6.45) is -0.296. The molecule has 0 N–H and O–H groups in total. The van der Waals surface area contributed by atoms with Gasteiger partial charge in [-0.25, -0.2) is 4.79 Å². The number of piperazine rings is 1. The van der Waals surface area contributed by atoms with Gasteiger partial charge in [0.25, 0.3) is 0 Å². The molecule has 0 aromatic heterocycles. The van der Waals surface area contributed by atoms with Crippen molar-refractivity contribution < 1.29 is 14.3 Å². The highest BCUT2D eigenvalue weighted by atomic mass is 32.1. The molecule has 0 radical (unpaired) electrons. The van der Waals surface area contributed by atoms with Gasteiger partial charge in [-0.2, -0.15) is 12.6 Å². The van der Waals surface area contributed by atoms with Crippen molar-refractivity contribution in [2.45, 2.75) is 6.92 Å². The molecule has 15 heavy (non-hydrogen) atoms. The largest absolute Gasteiger partial charge is 0.450 e. The monoisotopic (exact) mass is 232 g/mol. The summed E-state index contributed by atoms with van der Waals surface area (Å²) in [4.78, 5) is 25.9. The van der Waals surface area contributed by atoms with E-state index < -0.39 is 0 Å². The quantitative estimate of drug-likeness (QED) is 0.693. The van der Waals surface area contributed by atoms with Crippen LogP contribution in [0, 0.1) is 0 Å². The maximum atomic E-state index is 11.3. The average molecular weight is 232 g/mol. The number of hydrogen-bond acceptors (Lipinski definition) is 4. The Bertz CT molecular complexity index is 240. The Kier molecular flexibility index (Phi) is 4.74. The van der Waals surface area contributed by atoms with Crippen LogP contribution in [0.15, 0.2) is 0 Å². The third-order valence-corrected chi connectivity index (χ3v) is 2.56. The van der Waals surface area contributed by atoms with Crippen LogP contribution >= 0.6 is 12.6 Å². The van der Waals surface area contributed by atoms with Crippen molar-refractivity contribution in [2.75, 3.05) is 38.5 Å².